The molecule has 0 bridgehead atoms. The van der Waals surface area contributed by atoms with E-state index in [1.807, 2.05) is 0 Å². The zero-order valence-corrected chi connectivity index (χ0v) is 7.91. The molecule has 0 unspecified atom stereocenters. The summed E-state index contributed by atoms with van der Waals surface area (Å²) in [5.74, 6) is 0.167. The average molecular weight is 195 g/mol. The minimum Gasteiger partial charge on any atom is -0.392 e. The van der Waals surface area contributed by atoms with Crippen molar-refractivity contribution in [3.05, 3.63) is 35.1 Å². The number of nitrogens with two attached hydrogens (primary N) is 1. The van der Waals surface area contributed by atoms with Crippen molar-refractivity contribution in [2.45, 2.75) is 25.5 Å². The summed E-state index contributed by atoms with van der Waals surface area (Å²) in [6.45, 7) is -0.0648. The molecule has 1 aromatic carbocycles. The highest BCUT2D eigenvalue weighted by Crippen LogP contribution is 2.40. The number of hydrogen-bond donors (Lipinski definition) is 2. The van der Waals surface area contributed by atoms with Gasteiger partial charge in [0, 0.05) is 11.6 Å². The Morgan fingerprint density at radius 1 is 1.50 bits per heavy atom. The maximum absolute atomic E-state index is 13.4. The molecule has 3 heteroatoms. The standard InChI is InChI=1S/C11H14FNO/c12-10-4-1-7(6-14)5-9(10)11(13)8-2-3-8/h1,4-5,8,11,14H,2-3,6,13H2/t11-/m1/s1. The Morgan fingerprint density at radius 2 is 2.21 bits per heavy atom. The van der Waals surface area contributed by atoms with Crippen LogP contribution in [0.4, 0.5) is 4.39 Å². The lowest BCUT2D eigenvalue weighted by atomic mass is 10.0. The SMILES string of the molecule is N[C@@H](c1cc(CO)ccc1F)C1CC1. The quantitative estimate of drug-likeness (QED) is 0.771. The summed E-state index contributed by atoms with van der Waals surface area (Å²) in [7, 11) is 0. The highest BCUT2D eigenvalue weighted by molar-refractivity contribution is 5.28. The van der Waals surface area contributed by atoms with Crippen LogP contribution in [0, 0.1) is 11.7 Å². The Hall–Kier alpha value is -0.930. The van der Waals surface area contributed by atoms with Crippen LogP contribution in [0.3, 0.4) is 0 Å². The van der Waals surface area contributed by atoms with E-state index in [1.54, 1.807) is 12.1 Å². The molecule has 1 saturated carbocycles. The van der Waals surface area contributed by atoms with Crippen molar-refractivity contribution in [1.29, 1.82) is 0 Å². The normalized spacial score (nSPS) is 18.2. The minimum atomic E-state index is -0.262. The van der Waals surface area contributed by atoms with Gasteiger partial charge in [0.25, 0.3) is 0 Å². The molecule has 2 rings (SSSR count). The highest BCUT2D eigenvalue weighted by Gasteiger charge is 2.31. The maximum Gasteiger partial charge on any atom is 0.128 e. The van der Waals surface area contributed by atoms with Gasteiger partial charge in [0.2, 0.25) is 0 Å². The topological polar surface area (TPSA) is 46.2 Å². The molecule has 0 aliphatic heterocycles. The molecule has 3 N–H and O–H groups in total. The first-order valence-corrected chi connectivity index (χ1v) is 4.87. The largest absolute Gasteiger partial charge is 0.392 e. The van der Waals surface area contributed by atoms with E-state index in [0.717, 1.165) is 18.4 Å². The lowest BCUT2D eigenvalue weighted by Gasteiger charge is -2.12. The van der Waals surface area contributed by atoms with Crippen molar-refractivity contribution in [2.75, 3.05) is 0 Å². The van der Waals surface area contributed by atoms with Gasteiger partial charge >= 0.3 is 0 Å². The van der Waals surface area contributed by atoms with E-state index in [0.29, 0.717) is 11.5 Å². The van der Waals surface area contributed by atoms with Gasteiger partial charge in [-0.05, 0) is 36.5 Å². The fourth-order valence-corrected chi connectivity index (χ4v) is 1.66. The van der Waals surface area contributed by atoms with Crippen molar-refractivity contribution >= 4 is 0 Å². The first kappa shape index (κ1) is 9.62. The zero-order valence-electron chi connectivity index (χ0n) is 7.91. The molecule has 14 heavy (non-hydrogen) atoms. The Balaban J connectivity index is 2.29. The Morgan fingerprint density at radius 3 is 2.79 bits per heavy atom. The second kappa shape index (κ2) is 3.67. The second-order valence-electron chi connectivity index (χ2n) is 3.88. The molecule has 0 amide bonds. The monoisotopic (exact) mass is 195 g/mol. The fraction of sp³-hybridized carbons (Fsp3) is 0.455. The fourth-order valence-electron chi connectivity index (χ4n) is 1.66. The average Bonchev–Trinajstić information content (AvgIpc) is 3.01. The molecule has 1 aliphatic carbocycles. The van der Waals surface area contributed by atoms with Crippen molar-refractivity contribution in [3.63, 3.8) is 0 Å². The number of aliphatic hydroxyl groups is 1. The van der Waals surface area contributed by atoms with Crippen LogP contribution in [-0.2, 0) is 6.61 Å². The van der Waals surface area contributed by atoms with E-state index in [-0.39, 0.29) is 18.5 Å². The summed E-state index contributed by atoms with van der Waals surface area (Å²) in [5, 5.41) is 8.93. The third-order valence-electron chi connectivity index (χ3n) is 2.73. The van der Waals surface area contributed by atoms with Gasteiger partial charge in [-0.1, -0.05) is 6.07 Å². The van der Waals surface area contributed by atoms with E-state index < -0.39 is 0 Å². The number of rotatable bonds is 3. The maximum atomic E-state index is 13.4. The van der Waals surface area contributed by atoms with Gasteiger partial charge < -0.3 is 10.8 Å². The lowest BCUT2D eigenvalue weighted by molar-refractivity contribution is 0.281. The summed E-state index contributed by atoms with van der Waals surface area (Å²) in [5.41, 5.74) is 7.16. The van der Waals surface area contributed by atoms with E-state index in [2.05, 4.69) is 0 Å². The number of halogens is 1. The summed E-state index contributed by atoms with van der Waals surface area (Å²) >= 11 is 0. The first-order valence-electron chi connectivity index (χ1n) is 4.87. The van der Waals surface area contributed by atoms with Crippen LogP contribution in [0.1, 0.15) is 30.0 Å². The molecule has 1 aliphatic rings. The third kappa shape index (κ3) is 1.79. The molecular weight excluding hydrogens is 181 g/mol. The number of benzene rings is 1. The van der Waals surface area contributed by atoms with E-state index in [1.165, 1.54) is 6.07 Å². The summed E-state index contributed by atoms with van der Waals surface area (Å²) < 4.78 is 13.4. The Kier molecular flexibility index (Phi) is 2.52. The molecule has 76 valence electrons. The molecule has 0 heterocycles. The van der Waals surface area contributed by atoms with Gasteiger partial charge in [-0.25, -0.2) is 4.39 Å². The summed E-state index contributed by atoms with van der Waals surface area (Å²) in [4.78, 5) is 0. The molecule has 2 nitrogen and oxygen atoms in total. The van der Waals surface area contributed by atoms with Gasteiger partial charge in [0.05, 0.1) is 6.61 Å². The molecule has 0 saturated heterocycles. The van der Waals surface area contributed by atoms with Gasteiger partial charge in [-0.2, -0.15) is 0 Å². The van der Waals surface area contributed by atoms with E-state index >= 15 is 0 Å². The van der Waals surface area contributed by atoms with Crippen LogP contribution in [0.2, 0.25) is 0 Å². The molecule has 0 aromatic heterocycles. The molecule has 0 radical (unpaired) electrons. The number of aliphatic hydroxyl groups excluding tert-OH is 1. The van der Waals surface area contributed by atoms with Crippen molar-refractivity contribution in [3.8, 4) is 0 Å². The number of hydrogen-bond acceptors (Lipinski definition) is 2. The smallest absolute Gasteiger partial charge is 0.128 e. The molecule has 1 fully saturated rings. The van der Waals surface area contributed by atoms with Crippen LogP contribution in [0.25, 0.3) is 0 Å². The first-order chi connectivity index (χ1) is 6.72. The van der Waals surface area contributed by atoms with Gasteiger partial charge in [-0.15, -0.1) is 0 Å². The van der Waals surface area contributed by atoms with E-state index in [4.69, 9.17) is 10.8 Å². The molecule has 1 atom stereocenters. The van der Waals surface area contributed by atoms with Crippen LogP contribution in [-0.4, -0.2) is 5.11 Å². The highest BCUT2D eigenvalue weighted by atomic mass is 19.1. The van der Waals surface area contributed by atoms with Crippen LogP contribution < -0.4 is 5.73 Å². The zero-order chi connectivity index (χ0) is 10.1. The van der Waals surface area contributed by atoms with Crippen LogP contribution in [0.5, 0.6) is 0 Å². The molecular formula is C11H14FNO. The van der Waals surface area contributed by atoms with E-state index in [9.17, 15) is 4.39 Å². The van der Waals surface area contributed by atoms with Gasteiger partial charge in [0.1, 0.15) is 5.82 Å². The van der Waals surface area contributed by atoms with Crippen molar-refractivity contribution < 1.29 is 9.50 Å². The van der Waals surface area contributed by atoms with Crippen LogP contribution in [0.15, 0.2) is 18.2 Å². The second-order valence-corrected chi connectivity index (χ2v) is 3.88. The van der Waals surface area contributed by atoms with Crippen molar-refractivity contribution in [2.24, 2.45) is 11.7 Å². The Labute approximate surface area is 82.5 Å². The summed E-state index contributed by atoms with van der Waals surface area (Å²) in [6.07, 6.45) is 2.17. The van der Waals surface area contributed by atoms with Crippen molar-refractivity contribution in [1.82, 2.24) is 0 Å². The molecule has 1 aromatic rings. The minimum absolute atomic E-state index is 0.0648. The summed E-state index contributed by atoms with van der Waals surface area (Å²) in [6, 6.07) is 4.42. The van der Waals surface area contributed by atoms with Crippen LogP contribution >= 0.6 is 0 Å². The predicted molar refractivity (Wildman–Crippen MR) is 52.0 cm³/mol. The third-order valence-corrected chi connectivity index (χ3v) is 2.73. The molecule has 0 spiro atoms. The predicted octanol–water partition coefficient (Wildman–Crippen LogP) is 1.73. The van der Waals surface area contributed by atoms with Gasteiger partial charge in [0.15, 0.2) is 0 Å². The lowest BCUT2D eigenvalue weighted by Crippen LogP contribution is -2.14. The Bertz CT molecular complexity index is 336. The van der Waals surface area contributed by atoms with Gasteiger partial charge in [-0.3, -0.25) is 0 Å².